The minimum Gasteiger partial charge on any atom is -0.480 e. The summed E-state index contributed by atoms with van der Waals surface area (Å²) in [4.78, 5) is 59.7. The molecule has 0 aromatic rings. The lowest BCUT2D eigenvalue weighted by Crippen LogP contribution is -2.45. The molecule has 0 aromatic heterocycles. The lowest BCUT2D eigenvalue weighted by Gasteiger charge is -2.30. The number of rotatable bonds is 14. The summed E-state index contributed by atoms with van der Waals surface area (Å²) in [6, 6.07) is -1.10. The highest BCUT2D eigenvalue weighted by Crippen LogP contribution is 2.20. The fraction of sp³-hybridized carbons (Fsp3) is 0.750. The molecular formula is C20H35N3O7. The van der Waals surface area contributed by atoms with Crippen molar-refractivity contribution < 1.29 is 33.8 Å². The van der Waals surface area contributed by atoms with Gasteiger partial charge in [-0.3, -0.25) is 24.0 Å². The Bertz CT molecular complexity index is 632. The molecule has 2 amide bonds. The molecule has 0 spiro atoms. The molecule has 0 saturated carbocycles. The summed E-state index contributed by atoms with van der Waals surface area (Å²) in [6.07, 6.45) is 0.115. The standard InChI is InChI=1S/C20H35N3O7/c1-13(2)16(25)8-11-30-19(29)20(4,5)12-23(14(3)24)10-9-22-17(26)7-6-15(21)18(27)28/h13,15H,6-12,21H2,1-5H3,(H,22,26)(H,27,28)/t15-/m0/s1. The molecular weight excluding hydrogens is 394 g/mol. The highest BCUT2D eigenvalue weighted by molar-refractivity contribution is 5.82. The molecule has 0 bridgehead atoms. The normalized spacial score (nSPS) is 12.2. The number of ether oxygens (including phenoxy) is 1. The van der Waals surface area contributed by atoms with Crippen molar-refractivity contribution in [1.82, 2.24) is 10.2 Å². The zero-order chi connectivity index (χ0) is 23.5. The number of carboxylic acid groups (broad SMARTS) is 1. The third-order valence-electron chi connectivity index (χ3n) is 4.51. The summed E-state index contributed by atoms with van der Waals surface area (Å²) >= 11 is 0. The molecule has 4 N–H and O–H groups in total. The minimum absolute atomic E-state index is 0.00558. The van der Waals surface area contributed by atoms with Gasteiger partial charge in [-0.2, -0.15) is 0 Å². The minimum atomic E-state index is -1.17. The van der Waals surface area contributed by atoms with Gasteiger partial charge >= 0.3 is 11.9 Å². The molecule has 0 unspecified atom stereocenters. The topological polar surface area (TPSA) is 156 Å². The molecule has 0 rings (SSSR count). The van der Waals surface area contributed by atoms with Gasteiger partial charge in [0, 0.05) is 45.3 Å². The summed E-state index contributed by atoms with van der Waals surface area (Å²) in [7, 11) is 0. The Morgan fingerprint density at radius 1 is 1.13 bits per heavy atom. The van der Waals surface area contributed by atoms with E-state index in [2.05, 4.69) is 5.32 Å². The molecule has 0 radical (unpaired) electrons. The van der Waals surface area contributed by atoms with Crippen LogP contribution in [-0.2, 0) is 28.7 Å². The zero-order valence-electron chi connectivity index (χ0n) is 18.5. The number of carbonyl (C=O) groups excluding carboxylic acids is 4. The number of nitrogens with two attached hydrogens (primary N) is 1. The van der Waals surface area contributed by atoms with Crippen LogP contribution in [-0.4, -0.2) is 71.8 Å². The Balaban J connectivity index is 4.52. The Hall–Kier alpha value is -2.49. The number of hydrogen-bond donors (Lipinski definition) is 3. The van der Waals surface area contributed by atoms with Crippen LogP contribution in [0.4, 0.5) is 0 Å². The first-order chi connectivity index (χ1) is 13.8. The molecule has 0 fully saturated rings. The number of Topliss-reactive ketones (excluding diaryl/α,β-unsaturated/α-hetero) is 1. The predicted molar refractivity (Wildman–Crippen MR) is 109 cm³/mol. The van der Waals surface area contributed by atoms with Crippen molar-refractivity contribution in [3.05, 3.63) is 0 Å². The summed E-state index contributed by atoms with van der Waals surface area (Å²) in [5.41, 5.74) is 4.35. The highest BCUT2D eigenvalue weighted by Gasteiger charge is 2.32. The van der Waals surface area contributed by atoms with Crippen LogP contribution in [0.25, 0.3) is 0 Å². The summed E-state index contributed by atoms with van der Waals surface area (Å²) in [6.45, 7) is 8.59. The van der Waals surface area contributed by atoms with Gasteiger partial charge in [0.15, 0.2) is 0 Å². The Morgan fingerprint density at radius 3 is 2.23 bits per heavy atom. The number of esters is 1. The van der Waals surface area contributed by atoms with E-state index in [9.17, 15) is 24.0 Å². The molecule has 0 aliphatic heterocycles. The molecule has 10 nitrogen and oxygen atoms in total. The van der Waals surface area contributed by atoms with Gasteiger partial charge in [0.25, 0.3) is 0 Å². The largest absolute Gasteiger partial charge is 0.480 e. The number of nitrogens with zero attached hydrogens (tertiary/aromatic N) is 1. The predicted octanol–water partition coefficient (Wildman–Crippen LogP) is 0.328. The van der Waals surface area contributed by atoms with E-state index in [1.165, 1.54) is 11.8 Å². The number of ketones is 1. The summed E-state index contributed by atoms with van der Waals surface area (Å²) in [5.74, 6) is -2.45. The number of aliphatic carboxylic acids is 1. The number of carboxylic acids is 1. The fourth-order valence-electron chi connectivity index (χ4n) is 2.45. The van der Waals surface area contributed by atoms with Gasteiger partial charge < -0.3 is 25.8 Å². The number of amides is 2. The van der Waals surface area contributed by atoms with E-state index in [4.69, 9.17) is 15.6 Å². The highest BCUT2D eigenvalue weighted by atomic mass is 16.5. The van der Waals surface area contributed by atoms with Crippen LogP contribution >= 0.6 is 0 Å². The van der Waals surface area contributed by atoms with Crippen molar-refractivity contribution >= 4 is 29.5 Å². The maximum Gasteiger partial charge on any atom is 0.320 e. The van der Waals surface area contributed by atoms with E-state index in [1.54, 1.807) is 27.7 Å². The van der Waals surface area contributed by atoms with Crippen LogP contribution in [0.5, 0.6) is 0 Å². The van der Waals surface area contributed by atoms with Crippen LogP contribution in [0.2, 0.25) is 0 Å². The van der Waals surface area contributed by atoms with E-state index in [0.717, 1.165) is 0 Å². The van der Waals surface area contributed by atoms with Gasteiger partial charge in [-0.05, 0) is 20.3 Å². The monoisotopic (exact) mass is 429 g/mol. The van der Waals surface area contributed by atoms with Crippen molar-refractivity contribution in [3.63, 3.8) is 0 Å². The van der Waals surface area contributed by atoms with Crippen molar-refractivity contribution in [3.8, 4) is 0 Å². The van der Waals surface area contributed by atoms with Crippen LogP contribution < -0.4 is 11.1 Å². The lowest BCUT2D eigenvalue weighted by atomic mass is 9.92. The van der Waals surface area contributed by atoms with Gasteiger partial charge in [-0.1, -0.05) is 13.8 Å². The summed E-state index contributed by atoms with van der Waals surface area (Å²) < 4.78 is 5.20. The maximum absolute atomic E-state index is 12.4. The second-order valence-electron chi connectivity index (χ2n) is 8.16. The zero-order valence-corrected chi connectivity index (χ0v) is 18.5. The molecule has 0 heterocycles. The lowest BCUT2D eigenvalue weighted by molar-refractivity contribution is -0.156. The molecule has 0 aromatic carbocycles. The molecule has 0 saturated heterocycles. The molecule has 0 aliphatic rings. The van der Waals surface area contributed by atoms with Gasteiger partial charge in [-0.15, -0.1) is 0 Å². The first-order valence-electron chi connectivity index (χ1n) is 9.98. The molecule has 172 valence electrons. The van der Waals surface area contributed by atoms with Gasteiger partial charge in [0.05, 0.1) is 12.0 Å². The Morgan fingerprint density at radius 2 is 1.73 bits per heavy atom. The van der Waals surface area contributed by atoms with Gasteiger partial charge in [-0.25, -0.2) is 0 Å². The average Bonchev–Trinajstić information content (AvgIpc) is 2.64. The number of nitrogens with one attached hydrogen (secondary N) is 1. The van der Waals surface area contributed by atoms with Gasteiger partial charge in [0.2, 0.25) is 11.8 Å². The van der Waals surface area contributed by atoms with Gasteiger partial charge in [0.1, 0.15) is 11.8 Å². The first kappa shape index (κ1) is 27.5. The fourth-order valence-corrected chi connectivity index (χ4v) is 2.45. The maximum atomic E-state index is 12.4. The molecule has 1 atom stereocenters. The van der Waals surface area contributed by atoms with Crippen LogP contribution in [0, 0.1) is 11.3 Å². The van der Waals surface area contributed by atoms with E-state index >= 15 is 0 Å². The SMILES string of the molecule is CC(=O)N(CCNC(=O)CC[C@H](N)C(=O)O)CC(C)(C)C(=O)OCCC(=O)C(C)C. The van der Waals surface area contributed by atoms with Crippen molar-refractivity contribution in [2.24, 2.45) is 17.1 Å². The Kier molecular flexibility index (Phi) is 11.9. The molecule has 10 heteroatoms. The van der Waals surface area contributed by atoms with Crippen molar-refractivity contribution in [1.29, 1.82) is 0 Å². The smallest absolute Gasteiger partial charge is 0.320 e. The van der Waals surface area contributed by atoms with Crippen molar-refractivity contribution in [2.45, 2.75) is 59.9 Å². The van der Waals surface area contributed by atoms with Crippen LogP contribution in [0.1, 0.15) is 53.9 Å². The molecule has 30 heavy (non-hydrogen) atoms. The van der Waals surface area contributed by atoms with E-state index in [0.29, 0.717) is 0 Å². The van der Waals surface area contributed by atoms with E-state index < -0.39 is 23.4 Å². The number of hydrogen-bond acceptors (Lipinski definition) is 7. The number of carbonyl (C=O) groups is 5. The average molecular weight is 430 g/mol. The van der Waals surface area contributed by atoms with E-state index in [-0.39, 0.29) is 69.0 Å². The summed E-state index contributed by atoms with van der Waals surface area (Å²) in [5, 5.41) is 11.3. The molecule has 0 aliphatic carbocycles. The first-order valence-corrected chi connectivity index (χ1v) is 9.98. The van der Waals surface area contributed by atoms with Crippen LogP contribution in [0.15, 0.2) is 0 Å². The second-order valence-corrected chi connectivity index (χ2v) is 8.16. The third kappa shape index (κ3) is 10.9. The Labute approximate surface area is 177 Å². The quantitative estimate of drug-likeness (QED) is 0.333. The van der Waals surface area contributed by atoms with E-state index in [1.807, 2.05) is 0 Å². The van der Waals surface area contributed by atoms with Crippen LogP contribution in [0.3, 0.4) is 0 Å². The second kappa shape index (κ2) is 12.9. The third-order valence-corrected chi connectivity index (χ3v) is 4.51. The van der Waals surface area contributed by atoms with Crippen molar-refractivity contribution in [2.75, 3.05) is 26.2 Å².